The molecule has 3 rings (SSSR count). The summed E-state index contributed by atoms with van der Waals surface area (Å²) in [6.45, 7) is 0. The number of nitrogens with zero attached hydrogens (tertiary/aromatic N) is 4. The van der Waals surface area contributed by atoms with E-state index >= 15 is 0 Å². The Morgan fingerprint density at radius 2 is 2.33 bits per heavy atom. The molecule has 0 aromatic carbocycles. The van der Waals surface area contributed by atoms with Crippen molar-refractivity contribution in [3.63, 3.8) is 0 Å². The van der Waals surface area contributed by atoms with Gasteiger partial charge in [-0.15, -0.1) is 0 Å². The van der Waals surface area contributed by atoms with Gasteiger partial charge in [-0.1, -0.05) is 5.16 Å². The van der Waals surface area contributed by atoms with Gasteiger partial charge in [0, 0.05) is 13.2 Å². The number of hydrogen-bond donors (Lipinski definition) is 0. The quantitative estimate of drug-likeness (QED) is 0.742. The normalized spacial score (nSPS) is 16.6. The molecule has 2 heterocycles. The zero-order valence-electron chi connectivity index (χ0n) is 10.1. The number of esters is 1. The first kappa shape index (κ1) is 10.9. The maximum Gasteiger partial charge on any atom is 0.321 e. The number of carbonyl (C=O) groups is 1. The molecule has 2 aromatic heterocycles. The smallest absolute Gasteiger partial charge is 0.321 e. The molecule has 1 aliphatic carbocycles. The van der Waals surface area contributed by atoms with Crippen molar-refractivity contribution in [2.24, 2.45) is 7.05 Å². The topological polar surface area (TPSA) is 83.0 Å². The minimum atomic E-state index is -0.727. The average Bonchev–Trinajstić information content (AvgIpc) is 2.84. The van der Waals surface area contributed by atoms with Gasteiger partial charge in [0.05, 0.1) is 7.11 Å². The number of hydrogen-bond acceptors (Lipinski definition) is 6. The van der Waals surface area contributed by atoms with E-state index < -0.39 is 5.41 Å². The lowest BCUT2D eigenvalue weighted by molar-refractivity contribution is -0.144. The molecule has 0 aliphatic heterocycles. The van der Waals surface area contributed by atoms with Crippen molar-refractivity contribution in [2.45, 2.75) is 18.3 Å². The molecule has 0 bridgehead atoms. The van der Waals surface area contributed by atoms with Gasteiger partial charge in [-0.2, -0.15) is 10.1 Å². The standard InChI is InChI=1S/C11H12N4O3/c1-15-6-3-7(13-15)8-12-9(18-14-8)11(4-5-11)10(16)17-2/h3,6H,4-5H2,1-2H3. The van der Waals surface area contributed by atoms with Crippen LogP contribution in [0.2, 0.25) is 0 Å². The minimum absolute atomic E-state index is 0.315. The molecule has 0 amide bonds. The van der Waals surface area contributed by atoms with Crippen LogP contribution in [0.3, 0.4) is 0 Å². The van der Waals surface area contributed by atoms with E-state index in [1.165, 1.54) is 7.11 Å². The maximum atomic E-state index is 11.7. The van der Waals surface area contributed by atoms with Crippen LogP contribution < -0.4 is 0 Å². The monoisotopic (exact) mass is 248 g/mol. The highest BCUT2D eigenvalue weighted by Gasteiger charge is 2.57. The van der Waals surface area contributed by atoms with Crippen molar-refractivity contribution in [1.29, 1.82) is 0 Å². The molecule has 1 aliphatic rings. The molecule has 2 aromatic rings. The van der Waals surface area contributed by atoms with Gasteiger partial charge in [-0.3, -0.25) is 9.48 Å². The summed E-state index contributed by atoms with van der Waals surface area (Å²) in [4.78, 5) is 15.9. The minimum Gasteiger partial charge on any atom is -0.468 e. The molecule has 0 radical (unpaired) electrons. The molecule has 1 saturated carbocycles. The summed E-state index contributed by atoms with van der Waals surface area (Å²) >= 11 is 0. The lowest BCUT2D eigenvalue weighted by Crippen LogP contribution is -2.22. The van der Waals surface area contributed by atoms with Gasteiger partial charge in [0.15, 0.2) is 0 Å². The first-order chi connectivity index (χ1) is 8.65. The second kappa shape index (κ2) is 3.66. The highest BCUT2D eigenvalue weighted by atomic mass is 16.5. The summed E-state index contributed by atoms with van der Waals surface area (Å²) in [5.74, 6) is 0.384. The van der Waals surface area contributed by atoms with Crippen LogP contribution in [-0.4, -0.2) is 33.0 Å². The first-order valence-electron chi connectivity index (χ1n) is 5.58. The van der Waals surface area contributed by atoms with Crippen LogP contribution in [-0.2, 0) is 22.0 Å². The number of aromatic nitrogens is 4. The summed E-state index contributed by atoms with van der Waals surface area (Å²) in [6.07, 6.45) is 3.16. The van der Waals surface area contributed by atoms with Crippen molar-refractivity contribution >= 4 is 5.97 Å². The lowest BCUT2D eigenvalue weighted by atomic mass is 10.1. The van der Waals surface area contributed by atoms with E-state index in [0.29, 0.717) is 30.3 Å². The Balaban J connectivity index is 1.93. The fourth-order valence-electron chi connectivity index (χ4n) is 1.88. The predicted octanol–water partition coefficient (Wildman–Crippen LogP) is 0.675. The third-order valence-corrected chi connectivity index (χ3v) is 3.10. The Morgan fingerprint density at radius 3 is 2.89 bits per heavy atom. The van der Waals surface area contributed by atoms with Crippen LogP contribution in [0.4, 0.5) is 0 Å². The Hall–Kier alpha value is -2.18. The van der Waals surface area contributed by atoms with Gasteiger partial charge in [0.25, 0.3) is 0 Å². The summed E-state index contributed by atoms with van der Waals surface area (Å²) in [6, 6.07) is 1.78. The van der Waals surface area contributed by atoms with Gasteiger partial charge in [-0.05, 0) is 18.9 Å². The number of rotatable bonds is 3. The van der Waals surface area contributed by atoms with Crippen molar-refractivity contribution < 1.29 is 14.1 Å². The van der Waals surface area contributed by atoms with Crippen LogP contribution in [0, 0.1) is 0 Å². The van der Waals surface area contributed by atoms with E-state index in [-0.39, 0.29) is 5.97 Å². The van der Waals surface area contributed by atoms with Crippen LogP contribution in [0.1, 0.15) is 18.7 Å². The van der Waals surface area contributed by atoms with Gasteiger partial charge in [0.2, 0.25) is 11.7 Å². The Kier molecular flexibility index (Phi) is 2.22. The zero-order chi connectivity index (χ0) is 12.8. The molecule has 1 fully saturated rings. The van der Waals surface area contributed by atoms with E-state index in [1.807, 2.05) is 0 Å². The Morgan fingerprint density at radius 1 is 1.56 bits per heavy atom. The van der Waals surface area contributed by atoms with E-state index in [4.69, 9.17) is 9.26 Å². The van der Waals surface area contributed by atoms with Gasteiger partial charge >= 0.3 is 5.97 Å². The predicted molar refractivity (Wildman–Crippen MR) is 59.4 cm³/mol. The fraction of sp³-hybridized carbons (Fsp3) is 0.455. The zero-order valence-corrected chi connectivity index (χ0v) is 10.1. The molecule has 0 N–H and O–H groups in total. The van der Waals surface area contributed by atoms with Gasteiger partial charge < -0.3 is 9.26 Å². The second-order valence-electron chi connectivity index (χ2n) is 4.37. The third kappa shape index (κ3) is 1.51. The van der Waals surface area contributed by atoms with Gasteiger partial charge in [0.1, 0.15) is 11.1 Å². The Bertz CT molecular complexity index is 597. The van der Waals surface area contributed by atoms with E-state index in [1.54, 1.807) is 24.0 Å². The van der Waals surface area contributed by atoms with Crippen LogP contribution in [0.15, 0.2) is 16.8 Å². The summed E-state index contributed by atoms with van der Waals surface area (Å²) in [7, 11) is 3.17. The SMILES string of the molecule is COC(=O)C1(c2nc(-c3ccn(C)n3)no2)CC1. The molecular formula is C11H12N4O3. The number of ether oxygens (including phenoxy) is 1. The molecule has 18 heavy (non-hydrogen) atoms. The average molecular weight is 248 g/mol. The largest absolute Gasteiger partial charge is 0.468 e. The molecule has 7 nitrogen and oxygen atoms in total. The molecule has 94 valence electrons. The number of methoxy groups -OCH3 is 1. The Labute approximate surface area is 103 Å². The second-order valence-corrected chi connectivity index (χ2v) is 4.37. The van der Waals surface area contributed by atoms with E-state index in [2.05, 4.69) is 15.2 Å². The third-order valence-electron chi connectivity index (χ3n) is 3.10. The highest BCUT2D eigenvalue weighted by Crippen LogP contribution is 2.48. The molecule has 0 spiro atoms. The maximum absolute atomic E-state index is 11.7. The van der Waals surface area contributed by atoms with Crippen molar-refractivity contribution in [3.8, 4) is 11.5 Å². The molecule has 0 unspecified atom stereocenters. The van der Waals surface area contributed by atoms with Crippen LogP contribution >= 0.6 is 0 Å². The highest BCUT2D eigenvalue weighted by molar-refractivity contribution is 5.85. The molecule has 0 atom stereocenters. The molecule has 0 saturated heterocycles. The summed E-state index contributed by atoms with van der Waals surface area (Å²) < 4.78 is 11.6. The number of carbonyl (C=O) groups excluding carboxylic acids is 1. The van der Waals surface area contributed by atoms with E-state index in [0.717, 1.165) is 0 Å². The fourth-order valence-corrected chi connectivity index (χ4v) is 1.88. The van der Waals surface area contributed by atoms with Gasteiger partial charge in [-0.25, -0.2) is 0 Å². The number of aryl methyl sites for hydroxylation is 1. The van der Waals surface area contributed by atoms with E-state index in [9.17, 15) is 4.79 Å². The molecular weight excluding hydrogens is 236 g/mol. The lowest BCUT2D eigenvalue weighted by Gasteiger charge is -2.05. The first-order valence-corrected chi connectivity index (χ1v) is 5.58. The molecule has 7 heteroatoms. The summed E-state index contributed by atoms with van der Waals surface area (Å²) in [5.41, 5.74) is -0.109. The van der Waals surface area contributed by atoms with Crippen molar-refractivity contribution in [1.82, 2.24) is 19.9 Å². The summed E-state index contributed by atoms with van der Waals surface area (Å²) in [5, 5.41) is 8.03. The van der Waals surface area contributed by atoms with Crippen molar-refractivity contribution in [3.05, 3.63) is 18.2 Å². The van der Waals surface area contributed by atoms with Crippen LogP contribution in [0.25, 0.3) is 11.5 Å². The van der Waals surface area contributed by atoms with Crippen molar-refractivity contribution in [2.75, 3.05) is 7.11 Å². The van der Waals surface area contributed by atoms with Crippen LogP contribution in [0.5, 0.6) is 0 Å².